The van der Waals surface area contributed by atoms with Crippen LogP contribution in [0.5, 0.6) is 0 Å². The number of allylic oxidation sites excluding steroid dienone is 20. The Morgan fingerprint density at radius 1 is 0.279 bits per heavy atom. The van der Waals surface area contributed by atoms with Gasteiger partial charge in [0, 0.05) is 25.7 Å². The quantitative estimate of drug-likeness (QED) is 0.0169. The van der Waals surface area contributed by atoms with Gasteiger partial charge in [0.2, 0.25) is 0 Å². The standard InChI is InChI=1S/C85H146O17P2/c1-5-9-13-17-21-25-29-33-36-38-39-41-44-47-50-54-58-62-66-70-83(88)96-76-81(102-85(90)72-68-64-60-56-52-48-42-35-31-27-23-19-15-11-7-3)78-100-104(93,94)98-74-79(86)73-97-103(91,92)99-77-80(101-84(89)71-67-63-59-55-51-45-32-28-24-20-16-12-8-4)75-95-82(87)69-65-61-57-53-49-46-43-40-37-34-30-26-22-18-14-10-6-2/h9-10,13-14,21-22,25-26,33-37,39,41-43,46,53,57,79-81,86H,5-8,11-12,15-20,23-24,27-32,38,40,44-45,47-52,54-56,58-78H2,1-4H3,(H,91,92)(H,93,94)/b13-9-,14-10-,25-21-,26-22-,36-33-,37-34-,41-39-,42-35-,46-43-,57-53-. The average Bonchev–Trinajstić information content (AvgIpc) is 0.918. The van der Waals surface area contributed by atoms with Crippen LogP contribution in [-0.2, 0) is 65.4 Å². The lowest BCUT2D eigenvalue weighted by Gasteiger charge is -2.21. The zero-order valence-electron chi connectivity index (χ0n) is 65.4. The maximum Gasteiger partial charge on any atom is 0.472 e. The minimum absolute atomic E-state index is 0.0796. The first-order chi connectivity index (χ1) is 50.7. The third-order valence-electron chi connectivity index (χ3n) is 16.9. The fourth-order valence-corrected chi connectivity index (χ4v) is 12.4. The minimum Gasteiger partial charge on any atom is -0.462 e. The van der Waals surface area contributed by atoms with Crippen LogP contribution in [-0.4, -0.2) is 96.7 Å². The Balaban J connectivity index is 5.40. The fourth-order valence-electron chi connectivity index (χ4n) is 10.8. The number of unbranched alkanes of at least 4 members (excludes halogenated alkanes) is 30. The molecule has 598 valence electrons. The zero-order chi connectivity index (χ0) is 76.0. The largest absolute Gasteiger partial charge is 0.472 e. The second kappa shape index (κ2) is 76.6. The van der Waals surface area contributed by atoms with Crippen LogP contribution in [0.25, 0.3) is 0 Å². The second-order valence-electron chi connectivity index (χ2n) is 27.0. The van der Waals surface area contributed by atoms with Crippen LogP contribution < -0.4 is 0 Å². The second-order valence-corrected chi connectivity index (χ2v) is 29.9. The Hall–Kier alpha value is -4.54. The summed E-state index contributed by atoms with van der Waals surface area (Å²) in [6.45, 7) is 4.59. The Bertz CT molecular complexity index is 2440. The van der Waals surface area contributed by atoms with Gasteiger partial charge in [0.05, 0.1) is 26.4 Å². The van der Waals surface area contributed by atoms with E-state index in [1.165, 1.54) is 89.9 Å². The summed E-state index contributed by atoms with van der Waals surface area (Å²) >= 11 is 0. The Morgan fingerprint density at radius 3 is 0.817 bits per heavy atom. The van der Waals surface area contributed by atoms with E-state index < -0.39 is 97.5 Å². The smallest absolute Gasteiger partial charge is 0.462 e. The molecule has 0 aliphatic heterocycles. The number of aliphatic hydroxyl groups is 1. The highest BCUT2D eigenvalue weighted by Crippen LogP contribution is 2.45. The first kappa shape index (κ1) is 99.5. The number of carbonyl (C=O) groups excluding carboxylic acids is 4. The maximum absolute atomic E-state index is 13.1. The molecule has 5 unspecified atom stereocenters. The highest BCUT2D eigenvalue weighted by molar-refractivity contribution is 7.47. The van der Waals surface area contributed by atoms with Gasteiger partial charge < -0.3 is 33.8 Å². The monoisotopic (exact) mass is 1500 g/mol. The summed E-state index contributed by atoms with van der Waals surface area (Å²) in [4.78, 5) is 73.0. The lowest BCUT2D eigenvalue weighted by Crippen LogP contribution is -2.30. The van der Waals surface area contributed by atoms with Crippen molar-refractivity contribution in [3.05, 3.63) is 122 Å². The molecule has 0 rings (SSSR count). The van der Waals surface area contributed by atoms with Gasteiger partial charge in [-0.2, -0.15) is 0 Å². The van der Waals surface area contributed by atoms with E-state index in [2.05, 4.69) is 137 Å². The molecule has 0 aromatic carbocycles. The Labute approximate surface area is 632 Å². The van der Waals surface area contributed by atoms with E-state index in [0.717, 1.165) is 161 Å². The molecule has 0 aromatic rings. The molecule has 19 heteroatoms. The van der Waals surface area contributed by atoms with Crippen molar-refractivity contribution in [1.29, 1.82) is 0 Å². The summed E-state index contributed by atoms with van der Waals surface area (Å²) in [5, 5.41) is 10.6. The van der Waals surface area contributed by atoms with Crippen LogP contribution in [0.3, 0.4) is 0 Å². The SMILES string of the molecule is CC/C=C\C/C=C\C/C=C\C/C=C\C/C=C\CCCC(=O)OCC(COP(=O)(O)OCC(O)COP(=O)(O)OCC(COC(=O)CCCCCCCC/C=C\C/C=C\C/C=C\C/C=C\CC)OC(=O)CCCCCCC/C=C\CCCCCCCC)OC(=O)CCCCCCCCCCCCCCC. The van der Waals surface area contributed by atoms with Crippen molar-refractivity contribution in [3.8, 4) is 0 Å². The average molecular weight is 1500 g/mol. The van der Waals surface area contributed by atoms with Crippen molar-refractivity contribution in [2.24, 2.45) is 0 Å². The molecule has 3 N–H and O–H groups in total. The summed E-state index contributed by atoms with van der Waals surface area (Å²) in [5.41, 5.74) is 0. The molecule has 0 spiro atoms. The lowest BCUT2D eigenvalue weighted by molar-refractivity contribution is -0.161. The van der Waals surface area contributed by atoms with E-state index in [-0.39, 0.29) is 25.7 Å². The van der Waals surface area contributed by atoms with Gasteiger partial charge in [-0.3, -0.25) is 37.3 Å². The van der Waals surface area contributed by atoms with Crippen LogP contribution in [0.4, 0.5) is 0 Å². The van der Waals surface area contributed by atoms with Crippen LogP contribution >= 0.6 is 15.6 Å². The molecule has 0 amide bonds. The van der Waals surface area contributed by atoms with Gasteiger partial charge in [-0.1, -0.05) is 303 Å². The predicted molar refractivity (Wildman–Crippen MR) is 427 cm³/mol. The number of phosphoric acid groups is 2. The van der Waals surface area contributed by atoms with E-state index in [9.17, 15) is 43.2 Å². The first-order valence-electron chi connectivity index (χ1n) is 40.8. The molecule has 5 atom stereocenters. The molecule has 0 radical (unpaired) electrons. The molecular weight excluding hydrogens is 1350 g/mol. The number of hydrogen-bond acceptors (Lipinski definition) is 15. The van der Waals surface area contributed by atoms with Gasteiger partial charge in [0.15, 0.2) is 12.2 Å². The summed E-state index contributed by atoms with van der Waals surface area (Å²) in [5.74, 6) is -2.25. The zero-order valence-corrected chi connectivity index (χ0v) is 67.2. The molecule has 17 nitrogen and oxygen atoms in total. The molecule has 104 heavy (non-hydrogen) atoms. The van der Waals surface area contributed by atoms with E-state index in [1.54, 1.807) is 0 Å². The third kappa shape index (κ3) is 75.7. The van der Waals surface area contributed by atoms with Gasteiger partial charge in [0.25, 0.3) is 0 Å². The molecule has 0 saturated carbocycles. The van der Waals surface area contributed by atoms with Gasteiger partial charge in [-0.25, -0.2) is 9.13 Å². The topological polar surface area (TPSA) is 237 Å². The summed E-state index contributed by atoms with van der Waals surface area (Å²) < 4.78 is 68.6. The number of phosphoric ester groups is 2. The van der Waals surface area contributed by atoms with Crippen molar-refractivity contribution in [3.63, 3.8) is 0 Å². The summed E-state index contributed by atoms with van der Waals surface area (Å²) in [6, 6.07) is 0. The summed E-state index contributed by atoms with van der Waals surface area (Å²) in [6.07, 6.45) is 84.6. The van der Waals surface area contributed by atoms with Gasteiger partial charge in [0.1, 0.15) is 19.3 Å². The maximum atomic E-state index is 13.1. The third-order valence-corrected chi connectivity index (χ3v) is 18.8. The number of hydrogen-bond donors (Lipinski definition) is 3. The molecule has 0 fully saturated rings. The van der Waals surface area contributed by atoms with Crippen molar-refractivity contribution in [2.45, 2.75) is 354 Å². The van der Waals surface area contributed by atoms with Crippen molar-refractivity contribution >= 4 is 39.5 Å². The number of rotatable bonds is 76. The number of carbonyl (C=O) groups is 4. The lowest BCUT2D eigenvalue weighted by atomic mass is 10.0. The fraction of sp³-hybridized carbons (Fsp3) is 0.718. The number of ether oxygens (including phenoxy) is 4. The highest BCUT2D eigenvalue weighted by Gasteiger charge is 2.30. The van der Waals surface area contributed by atoms with E-state index in [4.69, 9.17) is 37.0 Å². The molecule has 0 aliphatic carbocycles. The van der Waals surface area contributed by atoms with Crippen LogP contribution in [0.1, 0.15) is 336 Å². The van der Waals surface area contributed by atoms with Crippen LogP contribution in [0, 0.1) is 0 Å². The Morgan fingerprint density at radius 2 is 0.510 bits per heavy atom. The summed E-state index contributed by atoms with van der Waals surface area (Å²) in [7, 11) is -9.98. The van der Waals surface area contributed by atoms with Crippen LogP contribution in [0.2, 0.25) is 0 Å². The molecule has 0 bridgehead atoms. The normalized spacial score (nSPS) is 14.5. The highest BCUT2D eigenvalue weighted by atomic mass is 31.2. The first-order valence-corrected chi connectivity index (χ1v) is 43.8. The number of aliphatic hydroxyl groups excluding tert-OH is 1. The van der Waals surface area contributed by atoms with Crippen LogP contribution in [0.15, 0.2) is 122 Å². The van der Waals surface area contributed by atoms with Crippen molar-refractivity contribution < 1.29 is 80.2 Å². The number of esters is 4. The van der Waals surface area contributed by atoms with Crippen molar-refractivity contribution in [1.82, 2.24) is 0 Å². The van der Waals surface area contributed by atoms with E-state index >= 15 is 0 Å². The van der Waals surface area contributed by atoms with Gasteiger partial charge >= 0.3 is 39.5 Å². The van der Waals surface area contributed by atoms with Crippen molar-refractivity contribution in [2.75, 3.05) is 39.6 Å². The van der Waals surface area contributed by atoms with Gasteiger partial charge in [-0.05, 0) is 128 Å². The molecule has 0 aliphatic rings. The minimum atomic E-state index is -4.99. The van der Waals surface area contributed by atoms with Gasteiger partial charge in [-0.15, -0.1) is 0 Å². The molecule has 0 aromatic heterocycles. The predicted octanol–water partition coefficient (Wildman–Crippen LogP) is 23.9. The molecule has 0 saturated heterocycles. The van der Waals surface area contributed by atoms with E-state index in [1.807, 2.05) is 12.2 Å². The molecule has 0 heterocycles. The van der Waals surface area contributed by atoms with E-state index in [0.29, 0.717) is 32.1 Å². The Kier molecular flexibility index (Phi) is 73.3. The molecular formula is C85H146O17P2.